The number of amides is 1. The molecule has 2 aromatic rings. The summed E-state index contributed by atoms with van der Waals surface area (Å²) in [5.74, 6) is 0.0843. The summed E-state index contributed by atoms with van der Waals surface area (Å²) in [5, 5.41) is 2.13. The van der Waals surface area contributed by atoms with E-state index in [-0.39, 0.29) is 24.4 Å². The van der Waals surface area contributed by atoms with Crippen molar-refractivity contribution in [3.8, 4) is 0 Å². The molecule has 1 aromatic carbocycles. The maximum Gasteiger partial charge on any atom is 0.254 e. The molecule has 21 heavy (non-hydrogen) atoms. The lowest BCUT2D eigenvalue weighted by molar-refractivity contribution is 0.0657. The number of halogens is 1. The first kappa shape index (κ1) is 15.9. The molecular formula is C16H19ClN2OS. The smallest absolute Gasteiger partial charge is 0.254 e. The zero-order valence-electron chi connectivity index (χ0n) is 11.9. The summed E-state index contributed by atoms with van der Waals surface area (Å²) in [6.07, 6.45) is 1.90. The molecule has 3 nitrogen and oxygen atoms in total. The minimum atomic E-state index is 0. The fourth-order valence-corrected chi connectivity index (χ4v) is 3.85. The Morgan fingerprint density at radius 2 is 2.24 bits per heavy atom. The van der Waals surface area contributed by atoms with Crippen molar-refractivity contribution in [1.82, 2.24) is 4.90 Å². The van der Waals surface area contributed by atoms with Crippen LogP contribution >= 0.6 is 23.7 Å². The molecule has 0 spiro atoms. The molecule has 0 aliphatic carbocycles. The molecule has 1 aromatic heterocycles. The number of thiophene rings is 1. The zero-order chi connectivity index (χ0) is 14.1. The third-order valence-electron chi connectivity index (χ3n) is 3.88. The number of nitrogen functional groups attached to an aromatic ring is 1. The van der Waals surface area contributed by atoms with E-state index in [2.05, 4.69) is 18.4 Å². The van der Waals surface area contributed by atoms with E-state index in [1.807, 2.05) is 17.0 Å². The van der Waals surface area contributed by atoms with Gasteiger partial charge in [0.25, 0.3) is 5.91 Å². The first-order chi connectivity index (χ1) is 9.70. The Kier molecular flexibility index (Phi) is 4.91. The van der Waals surface area contributed by atoms with E-state index in [1.54, 1.807) is 23.5 Å². The van der Waals surface area contributed by atoms with E-state index < -0.39 is 0 Å². The second-order valence-corrected chi connectivity index (χ2v) is 6.10. The minimum absolute atomic E-state index is 0. The first-order valence-electron chi connectivity index (χ1n) is 6.93. The van der Waals surface area contributed by atoms with Gasteiger partial charge in [0.1, 0.15) is 0 Å². The van der Waals surface area contributed by atoms with Gasteiger partial charge in [-0.2, -0.15) is 0 Å². The molecule has 0 radical (unpaired) electrons. The van der Waals surface area contributed by atoms with Crippen LogP contribution < -0.4 is 5.73 Å². The van der Waals surface area contributed by atoms with Crippen molar-refractivity contribution in [2.45, 2.75) is 25.8 Å². The molecule has 1 amide bonds. The van der Waals surface area contributed by atoms with Crippen LogP contribution in [0.5, 0.6) is 0 Å². The molecule has 2 N–H and O–H groups in total. The van der Waals surface area contributed by atoms with E-state index in [1.165, 1.54) is 10.4 Å². The van der Waals surface area contributed by atoms with Gasteiger partial charge in [0.15, 0.2) is 0 Å². The normalized spacial score (nSPS) is 17.0. The predicted molar refractivity (Wildman–Crippen MR) is 90.2 cm³/mol. The summed E-state index contributed by atoms with van der Waals surface area (Å²) < 4.78 is 0. The largest absolute Gasteiger partial charge is 0.399 e. The van der Waals surface area contributed by atoms with Crippen LogP contribution in [0.1, 0.15) is 40.2 Å². The monoisotopic (exact) mass is 322 g/mol. The Bertz CT molecular complexity index is 641. The van der Waals surface area contributed by atoms with Crippen LogP contribution in [0.25, 0.3) is 0 Å². The highest BCUT2D eigenvalue weighted by molar-refractivity contribution is 7.10. The van der Waals surface area contributed by atoms with Gasteiger partial charge in [-0.1, -0.05) is 13.0 Å². The predicted octanol–water partition coefficient (Wildman–Crippen LogP) is 3.90. The molecule has 0 saturated heterocycles. The van der Waals surface area contributed by atoms with Crippen LogP contribution in [0.2, 0.25) is 0 Å². The third-order valence-corrected chi connectivity index (χ3v) is 4.87. The summed E-state index contributed by atoms with van der Waals surface area (Å²) in [6.45, 7) is 2.93. The summed E-state index contributed by atoms with van der Waals surface area (Å²) in [4.78, 5) is 16.1. The van der Waals surface area contributed by atoms with Gasteiger partial charge in [-0.25, -0.2) is 0 Å². The van der Waals surface area contributed by atoms with E-state index in [9.17, 15) is 4.79 Å². The van der Waals surface area contributed by atoms with Gasteiger partial charge >= 0.3 is 0 Å². The molecule has 5 heteroatoms. The fraction of sp³-hybridized carbons (Fsp3) is 0.312. The highest BCUT2D eigenvalue weighted by Crippen LogP contribution is 2.36. The number of carbonyl (C=O) groups excluding carboxylic acids is 1. The molecule has 3 rings (SSSR count). The number of nitrogens with zero attached hydrogens (tertiary/aromatic N) is 1. The van der Waals surface area contributed by atoms with E-state index in [0.29, 0.717) is 11.3 Å². The molecule has 1 unspecified atom stereocenters. The van der Waals surface area contributed by atoms with Crippen molar-refractivity contribution in [2.24, 2.45) is 0 Å². The maximum absolute atomic E-state index is 12.7. The SMILES string of the molecule is CCC1c2ccsc2CCN1C(=O)c1cccc(N)c1.Cl. The van der Waals surface area contributed by atoms with Crippen LogP contribution in [-0.4, -0.2) is 17.4 Å². The van der Waals surface area contributed by atoms with Crippen LogP contribution in [0, 0.1) is 0 Å². The van der Waals surface area contributed by atoms with Gasteiger partial charge in [0.05, 0.1) is 6.04 Å². The molecule has 0 saturated carbocycles. The van der Waals surface area contributed by atoms with Gasteiger partial charge in [-0.15, -0.1) is 23.7 Å². The van der Waals surface area contributed by atoms with E-state index in [0.717, 1.165) is 19.4 Å². The molecule has 1 aliphatic rings. The van der Waals surface area contributed by atoms with E-state index >= 15 is 0 Å². The van der Waals surface area contributed by atoms with Gasteiger partial charge in [0.2, 0.25) is 0 Å². The minimum Gasteiger partial charge on any atom is -0.399 e. The average Bonchev–Trinajstić information content (AvgIpc) is 2.93. The third kappa shape index (κ3) is 2.92. The highest BCUT2D eigenvalue weighted by Gasteiger charge is 2.30. The standard InChI is InChI=1S/C16H18N2OS.ClH/c1-2-14-13-7-9-20-15(13)6-8-18(14)16(19)11-4-3-5-12(17)10-11;/h3-5,7,9-10,14H,2,6,8,17H2,1H3;1H. The van der Waals surface area contributed by atoms with Crippen molar-refractivity contribution in [3.63, 3.8) is 0 Å². The fourth-order valence-electron chi connectivity index (χ4n) is 2.92. The summed E-state index contributed by atoms with van der Waals surface area (Å²) in [6, 6.07) is 9.60. The molecule has 0 bridgehead atoms. The van der Waals surface area contributed by atoms with Gasteiger partial charge in [-0.3, -0.25) is 4.79 Å². The molecule has 0 fully saturated rings. The average molecular weight is 323 g/mol. The second kappa shape index (κ2) is 6.50. The maximum atomic E-state index is 12.7. The quantitative estimate of drug-likeness (QED) is 0.852. The van der Waals surface area contributed by atoms with Crippen molar-refractivity contribution >= 4 is 35.3 Å². The van der Waals surface area contributed by atoms with Gasteiger partial charge in [0, 0.05) is 22.7 Å². The number of nitrogens with two attached hydrogens (primary N) is 1. The van der Waals surface area contributed by atoms with Crippen molar-refractivity contribution in [2.75, 3.05) is 12.3 Å². The van der Waals surface area contributed by atoms with Crippen LogP contribution in [0.3, 0.4) is 0 Å². The highest BCUT2D eigenvalue weighted by atomic mass is 35.5. The Hall–Kier alpha value is -1.52. The Balaban J connectivity index is 0.00000161. The van der Waals surface area contributed by atoms with Crippen molar-refractivity contribution < 1.29 is 4.79 Å². The van der Waals surface area contributed by atoms with Crippen LogP contribution in [0.4, 0.5) is 5.69 Å². The van der Waals surface area contributed by atoms with Crippen LogP contribution in [-0.2, 0) is 6.42 Å². The summed E-state index contributed by atoms with van der Waals surface area (Å²) in [5.41, 5.74) is 8.42. The van der Waals surface area contributed by atoms with Crippen LogP contribution in [0.15, 0.2) is 35.7 Å². The molecular weight excluding hydrogens is 304 g/mol. The van der Waals surface area contributed by atoms with Crippen molar-refractivity contribution in [3.05, 3.63) is 51.7 Å². The number of rotatable bonds is 2. The number of benzene rings is 1. The number of anilines is 1. The van der Waals surface area contributed by atoms with E-state index in [4.69, 9.17) is 5.73 Å². The topological polar surface area (TPSA) is 46.3 Å². The number of carbonyl (C=O) groups is 1. The number of hydrogen-bond acceptors (Lipinski definition) is 3. The first-order valence-corrected chi connectivity index (χ1v) is 7.81. The lowest BCUT2D eigenvalue weighted by Gasteiger charge is -2.35. The number of hydrogen-bond donors (Lipinski definition) is 1. The molecule has 112 valence electrons. The number of fused-ring (bicyclic) bond motifs is 1. The van der Waals surface area contributed by atoms with Crippen molar-refractivity contribution in [1.29, 1.82) is 0 Å². The summed E-state index contributed by atoms with van der Waals surface area (Å²) >= 11 is 1.80. The Labute approximate surface area is 135 Å². The second-order valence-electron chi connectivity index (χ2n) is 5.10. The molecule has 1 atom stereocenters. The van der Waals surface area contributed by atoms with Gasteiger partial charge in [-0.05, 0) is 48.1 Å². The lowest BCUT2D eigenvalue weighted by atomic mass is 9.97. The lowest BCUT2D eigenvalue weighted by Crippen LogP contribution is -2.39. The summed E-state index contributed by atoms with van der Waals surface area (Å²) in [7, 11) is 0. The Morgan fingerprint density at radius 1 is 1.43 bits per heavy atom. The zero-order valence-corrected chi connectivity index (χ0v) is 13.5. The van der Waals surface area contributed by atoms with Gasteiger partial charge < -0.3 is 10.6 Å². The molecule has 1 aliphatic heterocycles. The Morgan fingerprint density at radius 3 is 2.95 bits per heavy atom. The molecule has 2 heterocycles.